The summed E-state index contributed by atoms with van der Waals surface area (Å²) in [6.45, 7) is 3.31. The monoisotopic (exact) mass is 296 g/mol. The second-order valence-corrected chi connectivity index (χ2v) is 4.81. The van der Waals surface area contributed by atoms with Crippen molar-refractivity contribution in [2.75, 3.05) is 17.7 Å². The van der Waals surface area contributed by atoms with Gasteiger partial charge in [-0.2, -0.15) is 0 Å². The Hall–Kier alpha value is -2.02. The van der Waals surface area contributed by atoms with Gasteiger partial charge in [-0.1, -0.05) is 0 Å². The molecule has 20 heavy (non-hydrogen) atoms. The van der Waals surface area contributed by atoms with Crippen LogP contribution in [0.3, 0.4) is 0 Å². The van der Waals surface area contributed by atoms with Crippen molar-refractivity contribution in [3.8, 4) is 0 Å². The van der Waals surface area contributed by atoms with Crippen molar-refractivity contribution in [1.82, 2.24) is 5.32 Å². The first-order valence-corrected chi connectivity index (χ1v) is 6.97. The van der Waals surface area contributed by atoms with Crippen LogP contribution in [0.1, 0.15) is 13.8 Å². The topological polar surface area (TPSA) is 84.5 Å². The molecule has 0 aliphatic carbocycles. The Morgan fingerprint density at radius 1 is 1.20 bits per heavy atom. The largest absolute Gasteiger partial charge is 0.450 e. The lowest BCUT2D eigenvalue weighted by atomic mass is 10.3. The van der Waals surface area contributed by atoms with Crippen LogP contribution in [0.4, 0.5) is 10.5 Å². The summed E-state index contributed by atoms with van der Waals surface area (Å²) in [5.74, 6) is -0.447. The molecule has 0 spiro atoms. The number of carbonyl (C=O) groups is 3. The van der Waals surface area contributed by atoms with E-state index in [1.54, 1.807) is 31.2 Å². The highest BCUT2D eigenvalue weighted by molar-refractivity contribution is 8.00. The van der Waals surface area contributed by atoms with Gasteiger partial charge < -0.3 is 10.1 Å². The molecule has 0 unspecified atom stereocenters. The molecule has 0 saturated heterocycles. The first-order valence-electron chi connectivity index (χ1n) is 5.98. The van der Waals surface area contributed by atoms with Crippen LogP contribution in [0, 0.1) is 0 Å². The molecule has 0 radical (unpaired) electrons. The highest BCUT2D eigenvalue weighted by Gasteiger charge is 2.08. The van der Waals surface area contributed by atoms with E-state index in [4.69, 9.17) is 0 Å². The van der Waals surface area contributed by atoms with E-state index < -0.39 is 12.0 Å². The molecule has 1 rings (SSSR count). The van der Waals surface area contributed by atoms with Gasteiger partial charge in [0, 0.05) is 17.5 Å². The molecule has 0 heterocycles. The number of rotatable bonds is 5. The van der Waals surface area contributed by atoms with Gasteiger partial charge in [-0.15, -0.1) is 11.8 Å². The fourth-order valence-corrected chi connectivity index (χ4v) is 2.00. The van der Waals surface area contributed by atoms with Crippen molar-refractivity contribution >= 4 is 35.4 Å². The van der Waals surface area contributed by atoms with Crippen LogP contribution in [0.15, 0.2) is 29.2 Å². The number of benzene rings is 1. The van der Waals surface area contributed by atoms with E-state index in [1.807, 2.05) is 0 Å². The van der Waals surface area contributed by atoms with E-state index in [1.165, 1.54) is 18.7 Å². The molecular formula is C13H16N2O4S. The third-order valence-corrected chi connectivity index (χ3v) is 3.07. The summed E-state index contributed by atoms with van der Waals surface area (Å²) in [7, 11) is 0. The second-order valence-electron chi connectivity index (χ2n) is 3.76. The molecule has 1 aromatic rings. The Kier molecular flexibility index (Phi) is 6.58. The van der Waals surface area contributed by atoms with Crippen LogP contribution in [0.2, 0.25) is 0 Å². The average molecular weight is 296 g/mol. The molecule has 6 nitrogen and oxygen atoms in total. The Labute approximate surface area is 121 Å². The maximum Gasteiger partial charge on any atom is 0.413 e. The zero-order valence-corrected chi connectivity index (χ0v) is 12.1. The summed E-state index contributed by atoms with van der Waals surface area (Å²) < 4.78 is 4.60. The van der Waals surface area contributed by atoms with Crippen LogP contribution in [-0.4, -0.2) is 30.3 Å². The molecule has 108 valence electrons. The lowest BCUT2D eigenvalue weighted by molar-refractivity contribution is -0.118. The summed E-state index contributed by atoms with van der Waals surface area (Å²) in [5.41, 5.74) is 0.692. The van der Waals surface area contributed by atoms with Gasteiger partial charge in [0.2, 0.25) is 11.8 Å². The lowest BCUT2D eigenvalue weighted by Gasteiger charge is -2.05. The first kappa shape index (κ1) is 16.0. The minimum Gasteiger partial charge on any atom is -0.450 e. The molecular weight excluding hydrogens is 280 g/mol. The SMILES string of the molecule is CCOC(=O)NC(=O)CSc1ccc(NC(C)=O)cc1. The van der Waals surface area contributed by atoms with E-state index in [-0.39, 0.29) is 18.3 Å². The number of alkyl carbamates (subject to hydrolysis) is 1. The minimum atomic E-state index is -0.737. The Morgan fingerprint density at radius 2 is 1.85 bits per heavy atom. The zero-order valence-electron chi connectivity index (χ0n) is 11.3. The molecule has 1 aromatic carbocycles. The molecule has 7 heteroatoms. The maximum atomic E-state index is 11.4. The van der Waals surface area contributed by atoms with Gasteiger partial charge >= 0.3 is 6.09 Å². The molecule has 0 atom stereocenters. The number of thioether (sulfide) groups is 1. The third-order valence-electron chi connectivity index (χ3n) is 2.06. The molecule has 0 bridgehead atoms. The minimum absolute atomic E-state index is 0.109. The number of nitrogens with one attached hydrogen (secondary N) is 2. The number of anilines is 1. The number of imide groups is 1. The van der Waals surface area contributed by atoms with Gasteiger partial charge in [0.15, 0.2) is 0 Å². The van der Waals surface area contributed by atoms with Gasteiger partial charge in [0.1, 0.15) is 0 Å². The van der Waals surface area contributed by atoms with Crippen molar-refractivity contribution < 1.29 is 19.1 Å². The Balaban J connectivity index is 2.39. The summed E-state index contributed by atoms with van der Waals surface area (Å²) in [4.78, 5) is 34.1. The fraction of sp³-hybridized carbons (Fsp3) is 0.308. The van der Waals surface area contributed by atoms with Gasteiger partial charge in [-0.25, -0.2) is 4.79 Å². The van der Waals surface area contributed by atoms with E-state index in [2.05, 4.69) is 15.4 Å². The zero-order chi connectivity index (χ0) is 15.0. The lowest BCUT2D eigenvalue weighted by Crippen LogP contribution is -2.32. The van der Waals surface area contributed by atoms with Crippen LogP contribution in [0.25, 0.3) is 0 Å². The predicted molar refractivity (Wildman–Crippen MR) is 76.6 cm³/mol. The highest BCUT2D eigenvalue weighted by atomic mass is 32.2. The van der Waals surface area contributed by atoms with E-state index in [0.717, 1.165) is 4.90 Å². The van der Waals surface area contributed by atoms with E-state index in [0.29, 0.717) is 5.69 Å². The summed E-state index contributed by atoms with van der Waals surface area (Å²) in [5, 5.41) is 4.76. The molecule has 0 fully saturated rings. The summed E-state index contributed by atoms with van der Waals surface area (Å²) >= 11 is 1.28. The molecule has 0 saturated carbocycles. The Bertz CT molecular complexity index is 488. The first-order chi connectivity index (χ1) is 9.51. The van der Waals surface area contributed by atoms with Crippen molar-refractivity contribution in [3.63, 3.8) is 0 Å². The Morgan fingerprint density at radius 3 is 2.40 bits per heavy atom. The normalized spacial score (nSPS) is 9.70. The molecule has 3 amide bonds. The van der Waals surface area contributed by atoms with Gasteiger partial charge in [-0.3, -0.25) is 14.9 Å². The number of hydrogen-bond donors (Lipinski definition) is 2. The van der Waals surface area contributed by atoms with E-state index in [9.17, 15) is 14.4 Å². The second kappa shape index (κ2) is 8.21. The third kappa shape index (κ3) is 6.24. The number of hydrogen-bond acceptors (Lipinski definition) is 5. The quantitative estimate of drug-likeness (QED) is 0.812. The molecule has 0 aromatic heterocycles. The van der Waals surface area contributed by atoms with Crippen LogP contribution >= 0.6 is 11.8 Å². The number of ether oxygens (including phenoxy) is 1. The van der Waals surface area contributed by atoms with Crippen molar-refractivity contribution in [2.45, 2.75) is 18.7 Å². The van der Waals surface area contributed by atoms with Gasteiger partial charge in [-0.05, 0) is 31.2 Å². The van der Waals surface area contributed by atoms with Crippen molar-refractivity contribution in [3.05, 3.63) is 24.3 Å². The predicted octanol–water partition coefficient (Wildman–Crippen LogP) is 2.01. The molecule has 0 aliphatic rings. The highest BCUT2D eigenvalue weighted by Crippen LogP contribution is 2.20. The van der Waals surface area contributed by atoms with E-state index >= 15 is 0 Å². The molecule has 2 N–H and O–H groups in total. The maximum absolute atomic E-state index is 11.4. The average Bonchev–Trinajstić information content (AvgIpc) is 2.37. The summed E-state index contributed by atoms with van der Waals surface area (Å²) in [6, 6.07) is 7.06. The number of amides is 3. The van der Waals surface area contributed by atoms with Crippen LogP contribution < -0.4 is 10.6 Å². The summed E-state index contributed by atoms with van der Waals surface area (Å²) in [6.07, 6.45) is -0.737. The molecule has 0 aliphatic heterocycles. The van der Waals surface area contributed by atoms with Crippen molar-refractivity contribution in [2.24, 2.45) is 0 Å². The smallest absolute Gasteiger partial charge is 0.413 e. The van der Waals surface area contributed by atoms with Crippen LogP contribution in [0.5, 0.6) is 0 Å². The van der Waals surface area contributed by atoms with Crippen molar-refractivity contribution in [1.29, 1.82) is 0 Å². The standard InChI is InChI=1S/C13H16N2O4S/c1-3-19-13(18)15-12(17)8-20-11-6-4-10(5-7-11)14-9(2)16/h4-7H,3,8H2,1-2H3,(H,14,16)(H,15,17,18). The van der Waals surface area contributed by atoms with Gasteiger partial charge in [0.25, 0.3) is 0 Å². The fourth-order valence-electron chi connectivity index (χ4n) is 1.30. The van der Waals surface area contributed by atoms with Gasteiger partial charge in [0.05, 0.1) is 12.4 Å². The number of carbonyl (C=O) groups excluding carboxylic acids is 3. The van der Waals surface area contributed by atoms with Crippen LogP contribution in [-0.2, 0) is 14.3 Å².